The van der Waals surface area contributed by atoms with E-state index in [4.69, 9.17) is 23.2 Å². The SMILES string of the molecule is CCN(CC)c1ccc(-c2ccc(N(CC)CC)cc2Cl)c(Cl)c1. The highest BCUT2D eigenvalue weighted by Crippen LogP contribution is 2.37. The maximum atomic E-state index is 6.56. The lowest BCUT2D eigenvalue weighted by atomic mass is 10.0. The van der Waals surface area contributed by atoms with Crippen molar-refractivity contribution < 1.29 is 0 Å². The van der Waals surface area contributed by atoms with Crippen molar-refractivity contribution in [3.8, 4) is 11.1 Å². The first kappa shape index (κ1) is 19.0. The topological polar surface area (TPSA) is 6.48 Å². The largest absolute Gasteiger partial charge is 0.372 e. The van der Waals surface area contributed by atoms with Gasteiger partial charge in [-0.3, -0.25) is 0 Å². The highest BCUT2D eigenvalue weighted by molar-refractivity contribution is 6.36. The predicted molar refractivity (Wildman–Crippen MR) is 109 cm³/mol. The summed E-state index contributed by atoms with van der Waals surface area (Å²) < 4.78 is 0. The standard InChI is InChI=1S/C20H26Cl2N2/c1-5-23(6-2)15-9-11-17(19(21)13-15)18-12-10-16(14-20(18)22)24(7-3)8-4/h9-14H,5-8H2,1-4H3. The summed E-state index contributed by atoms with van der Waals surface area (Å²) in [5.74, 6) is 0. The van der Waals surface area contributed by atoms with Crippen LogP contribution in [0.5, 0.6) is 0 Å². The highest BCUT2D eigenvalue weighted by atomic mass is 35.5. The zero-order chi connectivity index (χ0) is 17.7. The van der Waals surface area contributed by atoms with Crippen LogP contribution in [0.25, 0.3) is 11.1 Å². The molecule has 2 rings (SSSR count). The summed E-state index contributed by atoms with van der Waals surface area (Å²) in [4.78, 5) is 4.56. The molecule has 0 N–H and O–H groups in total. The average Bonchev–Trinajstić information content (AvgIpc) is 2.58. The number of rotatable bonds is 7. The molecule has 2 nitrogen and oxygen atoms in total. The fraction of sp³-hybridized carbons (Fsp3) is 0.400. The fourth-order valence-corrected chi connectivity index (χ4v) is 3.57. The van der Waals surface area contributed by atoms with Crippen LogP contribution >= 0.6 is 23.2 Å². The van der Waals surface area contributed by atoms with Crippen LogP contribution in [0.1, 0.15) is 27.7 Å². The van der Waals surface area contributed by atoms with Crippen molar-refractivity contribution in [3.63, 3.8) is 0 Å². The molecule has 130 valence electrons. The van der Waals surface area contributed by atoms with Crippen LogP contribution in [0.2, 0.25) is 10.0 Å². The number of halogens is 2. The van der Waals surface area contributed by atoms with Crippen molar-refractivity contribution in [2.24, 2.45) is 0 Å². The zero-order valence-corrected chi connectivity index (χ0v) is 16.5. The Morgan fingerprint density at radius 1 is 0.625 bits per heavy atom. The van der Waals surface area contributed by atoms with Gasteiger partial charge >= 0.3 is 0 Å². The van der Waals surface area contributed by atoms with Crippen molar-refractivity contribution in [3.05, 3.63) is 46.4 Å². The van der Waals surface area contributed by atoms with E-state index in [0.717, 1.165) is 58.7 Å². The van der Waals surface area contributed by atoms with Gasteiger partial charge in [0.1, 0.15) is 0 Å². The third kappa shape index (κ3) is 3.99. The zero-order valence-electron chi connectivity index (χ0n) is 14.9. The lowest BCUT2D eigenvalue weighted by Gasteiger charge is -2.23. The second-order valence-electron chi connectivity index (χ2n) is 5.67. The summed E-state index contributed by atoms with van der Waals surface area (Å²) in [7, 11) is 0. The molecule has 0 aliphatic heterocycles. The molecule has 0 aliphatic rings. The molecule has 0 saturated heterocycles. The lowest BCUT2D eigenvalue weighted by Crippen LogP contribution is -2.21. The highest BCUT2D eigenvalue weighted by Gasteiger charge is 2.12. The number of anilines is 2. The van der Waals surface area contributed by atoms with E-state index in [2.05, 4.69) is 61.8 Å². The number of hydrogen-bond acceptors (Lipinski definition) is 2. The van der Waals surface area contributed by atoms with Crippen molar-refractivity contribution >= 4 is 34.6 Å². The Morgan fingerprint density at radius 2 is 0.958 bits per heavy atom. The molecule has 0 heterocycles. The number of benzene rings is 2. The van der Waals surface area contributed by atoms with E-state index in [1.807, 2.05) is 12.1 Å². The van der Waals surface area contributed by atoms with Crippen LogP contribution in [0, 0.1) is 0 Å². The van der Waals surface area contributed by atoms with E-state index in [9.17, 15) is 0 Å². The summed E-state index contributed by atoms with van der Waals surface area (Å²) in [6.45, 7) is 12.4. The normalized spacial score (nSPS) is 10.8. The number of hydrogen-bond donors (Lipinski definition) is 0. The van der Waals surface area contributed by atoms with E-state index in [1.54, 1.807) is 0 Å². The quantitative estimate of drug-likeness (QED) is 0.564. The molecule has 0 radical (unpaired) electrons. The van der Waals surface area contributed by atoms with Crippen LogP contribution in [0.4, 0.5) is 11.4 Å². The lowest BCUT2D eigenvalue weighted by molar-refractivity contribution is 0.866. The summed E-state index contributed by atoms with van der Waals surface area (Å²) >= 11 is 13.1. The van der Waals surface area contributed by atoms with Gasteiger partial charge in [0, 0.05) is 48.7 Å². The molecule has 24 heavy (non-hydrogen) atoms. The Bertz CT molecular complexity index is 618. The summed E-state index contributed by atoms with van der Waals surface area (Å²) in [5.41, 5.74) is 4.24. The van der Waals surface area contributed by atoms with Crippen LogP contribution in [0.15, 0.2) is 36.4 Å². The minimum Gasteiger partial charge on any atom is -0.372 e. The van der Waals surface area contributed by atoms with E-state index < -0.39 is 0 Å². The van der Waals surface area contributed by atoms with Crippen LogP contribution in [-0.4, -0.2) is 26.2 Å². The molecule has 0 aromatic heterocycles. The van der Waals surface area contributed by atoms with Gasteiger partial charge in [-0.15, -0.1) is 0 Å². The third-order valence-corrected chi connectivity index (χ3v) is 5.08. The van der Waals surface area contributed by atoms with Crippen LogP contribution in [-0.2, 0) is 0 Å². The predicted octanol–water partition coefficient (Wildman–Crippen LogP) is 6.35. The number of nitrogens with zero attached hydrogens (tertiary/aromatic N) is 2. The molecule has 2 aromatic carbocycles. The Labute approximate surface area is 156 Å². The van der Waals surface area contributed by atoms with Crippen molar-refractivity contribution in [1.82, 2.24) is 0 Å². The van der Waals surface area contributed by atoms with E-state index in [-0.39, 0.29) is 0 Å². The molecule has 0 aliphatic carbocycles. The Balaban J connectivity index is 2.38. The van der Waals surface area contributed by atoms with Crippen LogP contribution in [0.3, 0.4) is 0 Å². The van der Waals surface area contributed by atoms with Gasteiger partial charge in [-0.1, -0.05) is 35.3 Å². The molecule has 0 spiro atoms. The summed E-state index contributed by atoms with van der Waals surface area (Å²) in [5, 5.41) is 1.47. The Kier molecular flexibility index (Phi) is 6.82. The van der Waals surface area contributed by atoms with E-state index >= 15 is 0 Å². The maximum absolute atomic E-state index is 6.56. The van der Waals surface area contributed by atoms with Gasteiger partial charge in [0.15, 0.2) is 0 Å². The molecular weight excluding hydrogens is 339 g/mol. The molecule has 0 atom stereocenters. The van der Waals surface area contributed by atoms with Gasteiger partial charge < -0.3 is 9.80 Å². The first-order chi connectivity index (χ1) is 11.5. The third-order valence-electron chi connectivity index (χ3n) is 4.45. The molecule has 0 unspecified atom stereocenters. The average molecular weight is 365 g/mol. The maximum Gasteiger partial charge on any atom is 0.0505 e. The molecule has 2 aromatic rings. The van der Waals surface area contributed by atoms with Gasteiger partial charge in [-0.25, -0.2) is 0 Å². The van der Waals surface area contributed by atoms with Gasteiger partial charge in [0.2, 0.25) is 0 Å². The smallest absolute Gasteiger partial charge is 0.0505 e. The minimum absolute atomic E-state index is 0.733. The molecular formula is C20H26Cl2N2. The second kappa shape index (κ2) is 8.64. The van der Waals surface area contributed by atoms with Gasteiger partial charge in [-0.05, 0) is 52.0 Å². The molecule has 0 saturated carbocycles. The van der Waals surface area contributed by atoms with Gasteiger partial charge in [-0.2, -0.15) is 0 Å². The minimum atomic E-state index is 0.733. The molecule has 0 fully saturated rings. The Hall–Kier alpha value is -1.38. The monoisotopic (exact) mass is 364 g/mol. The summed E-state index contributed by atoms with van der Waals surface area (Å²) in [6.07, 6.45) is 0. The Morgan fingerprint density at radius 3 is 1.21 bits per heavy atom. The van der Waals surface area contributed by atoms with Crippen molar-refractivity contribution in [2.75, 3.05) is 36.0 Å². The fourth-order valence-electron chi connectivity index (χ4n) is 3.02. The van der Waals surface area contributed by atoms with E-state index in [1.165, 1.54) is 0 Å². The molecule has 0 bridgehead atoms. The first-order valence-corrected chi connectivity index (χ1v) is 9.40. The van der Waals surface area contributed by atoms with E-state index in [0.29, 0.717) is 0 Å². The summed E-state index contributed by atoms with van der Waals surface area (Å²) in [6, 6.07) is 12.4. The van der Waals surface area contributed by atoms with Crippen LogP contribution < -0.4 is 9.80 Å². The van der Waals surface area contributed by atoms with Crippen molar-refractivity contribution in [2.45, 2.75) is 27.7 Å². The van der Waals surface area contributed by atoms with Crippen molar-refractivity contribution in [1.29, 1.82) is 0 Å². The molecule has 4 heteroatoms. The second-order valence-corrected chi connectivity index (χ2v) is 6.49. The first-order valence-electron chi connectivity index (χ1n) is 8.64. The molecule has 0 amide bonds. The van der Waals surface area contributed by atoms with Gasteiger partial charge in [0.05, 0.1) is 10.0 Å². The van der Waals surface area contributed by atoms with Gasteiger partial charge in [0.25, 0.3) is 0 Å².